The minimum absolute atomic E-state index is 0.261. The Morgan fingerprint density at radius 3 is 2.67 bits per heavy atom. The van der Waals surface area contributed by atoms with Crippen molar-refractivity contribution in [3.8, 4) is 0 Å². The molecule has 0 aliphatic carbocycles. The number of aliphatic hydroxyl groups is 2. The van der Waals surface area contributed by atoms with Crippen LogP contribution in [0.1, 0.15) is 13.3 Å². The van der Waals surface area contributed by atoms with E-state index in [1.807, 2.05) is 0 Å². The molecule has 0 aromatic carbocycles. The maximum atomic E-state index is 10.8. The second-order valence-corrected chi connectivity index (χ2v) is 2.45. The third kappa shape index (κ3) is 4.10. The van der Waals surface area contributed by atoms with Gasteiger partial charge in [-0.2, -0.15) is 0 Å². The predicted octanol–water partition coefficient (Wildman–Crippen LogP) is -0.151. The molecule has 2 N–H and O–H groups in total. The molecule has 0 heterocycles. The fourth-order valence-electron chi connectivity index (χ4n) is 0.632. The van der Waals surface area contributed by atoms with Gasteiger partial charge in [0.05, 0.1) is 19.8 Å². The van der Waals surface area contributed by atoms with Gasteiger partial charge in [0.1, 0.15) is 0 Å². The molecule has 0 aromatic heterocycles. The monoisotopic (exact) mass is 174 g/mol. The molecule has 0 aromatic rings. The Labute approximate surface area is 71.5 Å². The van der Waals surface area contributed by atoms with Crippen molar-refractivity contribution in [2.45, 2.75) is 19.4 Å². The Hall–Kier alpha value is -0.870. The normalized spacial score (nSPS) is 14.2. The molecular weight excluding hydrogens is 160 g/mol. The van der Waals surface area contributed by atoms with Crippen LogP contribution in [0.4, 0.5) is 0 Å². The number of hydrogen-bond acceptors (Lipinski definition) is 4. The van der Waals surface area contributed by atoms with Gasteiger partial charge in [-0.15, -0.1) is 0 Å². The van der Waals surface area contributed by atoms with Crippen molar-refractivity contribution in [3.63, 3.8) is 0 Å². The summed E-state index contributed by atoms with van der Waals surface area (Å²) in [7, 11) is 1.29. The lowest BCUT2D eigenvalue weighted by molar-refractivity contribution is -0.136. The third-order valence-electron chi connectivity index (χ3n) is 1.41. The van der Waals surface area contributed by atoms with Crippen LogP contribution in [0, 0.1) is 0 Å². The predicted molar refractivity (Wildman–Crippen MR) is 43.5 cm³/mol. The molecule has 0 saturated carbocycles. The average molecular weight is 174 g/mol. The van der Waals surface area contributed by atoms with E-state index < -0.39 is 12.1 Å². The second-order valence-electron chi connectivity index (χ2n) is 2.45. The molecule has 0 aliphatic heterocycles. The van der Waals surface area contributed by atoms with E-state index in [2.05, 4.69) is 4.74 Å². The molecule has 70 valence electrons. The molecule has 0 rings (SSSR count). The molecule has 0 radical (unpaired) electrons. The fraction of sp³-hybridized carbons (Fsp3) is 0.625. The van der Waals surface area contributed by atoms with Gasteiger partial charge in [-0.25, -0.2) is 4.79 Å². The summed E-state index contributed by atoms with van der Waals surface area (Å²) in [6.45, 7) is 1.29. The lowest BCUT2D eigenvalue weighted by Crippen LogP contribution is -2.11. The second kappa shape index (κ2) is 5.74. The van der Waals surface area contributed by atoms with Gasteiger partial charge in [-0.1, -0.05) is 6.08 Å². The highest BCUT2D eigenvalue weighted by Gasteiger charge is 2.04. The first-order chi connectivity index (χ1) is 5.61. The van der Waals surface area contributed by atoms with Crippen LogP contribution >= 0.6 is 0 Å². The zero-order chi connectivity index (χ0) is 9.56. The van der Waals surface area contributed by atoms with E-state index in [1.54, 1.807) is 6.92 Å². The lowest BCUT2D eigenvalue weighted by atomic mass is 10.2. The Balaban J connectivity index is 3.91. The molecule has 0 saturated heterocycles. The number of carbonyl (C=O) groups is 1. The van der Waals surface area contributed by atoms with Crippen LogP contribution in [-0.2, 0) is 9.53 Å². The van der Waals surface area contributed by atoms with Gasteiger partial charge < -0.3 is 14.9 Å². The van der Waals surface area contributed by atoms with E-state index in [0.717, 1.165) is 0 Å². The zero-order valence-corrected chi connectivity index (χ0v) is 7.28. The number of rotatable bonds is 4. The standard InChI is InChI=1S/C8H14O4/c1-6(8(11)12-2)3-4-7(10)5-9/h3,7,9-10H,4-5H2,1-2H3. The maximum Gasteiger partial charge on any atom is 0.333 e. The van der Waals surface area contributed by atoms with Gasteiger partial charge in [0.15, 0.2) is 0 Å². The lowest BCUT2D eigenvalue weighted by Gasteiger charge is -2.03. The van der Waals surface area contributed by atoms with Crippen LogP contribution in [0.25, 0.3) is 0 Å². The Morgan fingerprint density at radius 2 is 2.25 bits per heavy atom. The van der Waals surface area contributed by atoms with Crippen molar-refractivity contribution in [3.05, 3.63) is 11.6 Å². The SMILES string of the molecule is COC(=O)C(C)=CCC(O)CO. The summed E-state index contributed by atoms with van der Waals surface area (Å²) in [6.07, 6.45) is 0.994. The minimum Gasteiger partial charge on any atom is -0.466 e. The molecule has 1 unspecified atom stereocenters. The number of carbonyl (C=O) groups excluding carboxylic acids is 1. The summed E-state index contributed by atoms with van der Waals surface area (Å²) in [6, 6.07) is 0. The quantitative estimate of drug-likeness (QED) is 0.459. The van der Waals surface area contributed by atoms with Crippen molar-refractivity contribution >= 4 is 5.97 Å². The van der Waals surface area contributed by atoms with Gasteiger partial charge in [-0.05, 0) is 13.3 Å². The molecule has 1 atom stereocenters. The first kappa shape index (κ1) is 11.1. The minimum atomic E-state index is -0.801. The van der Waals surface area contributed by atoms with Gasteiger partial charge in [0.2, 0.25) is 0 Å². The number of hydrogen-bond donors (Lipinski definition) is 2. The fourth-order valence-corrected chi connectivity index (χ4v) is 0.632. The van der Waals surface area contributed by atoms with Crippen LogP contribution in [0.5, 0.6) is 0 Å². The average Bonchev–Trinajstić information content (AvgIpc) is 2.11. The molecular formula is C8H14O4. The van der Waals surface area contributed by atoms with Crippen LogP contribution in [0.15, 0.2) is 11.6 Å². The molecule has 0 fully saturated rings. The van der Waals surface area contributed by atoms with Crippen LogP contribution in [-0.4, -0.2) is 36.0 Å². The van der Waals surface area contributed by atoms with Crippen LogP contribution in [0.3, 0.4) is 0 Å². The highest BCUT2D eigenvalue weighted by molar-refractivity contribution is 5.87. The van der Waals surface area contributed by atoms with Crippen LogP contribution < -0.4 is 0 Å². The van der Waals surface area contributed by atoms with E-state index in [1.165, 1.54) is 13.2 Å². The highest BCUT2D eigenvalue weighted by atomic mass is 16.5. The first-order valence-electron chi connectivity index (χ1n) is 3.65. The van der Waals surface area contributed by atoms with E-state index >= 15 is 0 Å². The third-order valence-corrected chi connectivity index (χ3v) is 1.41. The molecule has 0 spiro atoms. The van der Waals surface area contributed by atoms with Gasteiger partial charge in [-0.3, -0.25) is 0 Å². The van der Waals surface area contributed by atoms with E-state index in [0.29, 0.717) is 5.57 Å². The summed E-state index contributed by atoms with van der Waals surface area (Å²) in [5, 5.41) is 17.4. The van der Waals surface area contributed by atoms with Gasteiger partial charge >= 0.3 is 5.97 Å². The van der Waals surface area contributed by atoms with Crippen LogP contribution in [0.2, 0.25) is 0 Å². The van der Waals surface area contributed by atoms with Crippen molar-refractivity contribution in [2.75, 3.05) is 13.7 Å². The summed E-state index contributed by atoms with van der Waals surface area (Å²) >= 11 is 0. The Bertz CT molecular complexity index is 174. The van der Waals surface area contributed by atoms with Gasteiger partial charge in [0.25, 0.3) is 0 Å². The molecule has 0 amide bonds. The first-order valence-corrected chi connectivity index (χ1v) is 3.65. The summed E-state index contributed by atoms with van der Waals surface area (Å²) in [5.41, 5.74) is 0.435. The molecule has 4 heteroatoms. The number of aliphatic hydroxyl groups excluding tert-OH is 2. The van der Waals surface area contributed by atoms with Crippen molar-refractivity contribution in [1.29, 1.82) is 0 Å². The molecule has 0 bridgehead atoms. The highest BCUT2D eigenvalue weighted by Crippen LogP contribution is 2.00. The molecule has 0 aliphatic rings. The van der Waals surface area contributed by atoms with Crippen molar-refractivity contribution in [2.24, 2.45) is 0 Å². The maximum absolute atomic E-state index is 10.8. The topological polar surface area (TPSA) is 66.8 Å². The Kier molecular flexibility index (Phi) is 5.32. The number of esters is 1. The number of ether oxygens (including phenoxy) is 1. The summed E-state index contributed by atoms with van der Waals surface area (Å²) < 4.78 is 4.43. The Morgan fingerprint density at radius 1 is 1.67 bits per heavy atom. The smallest absolute Gasteiger partial charge is 0.333 e. The molecule has 4 nitrogen and oxygen atoms in total. The van der Waals surface area contributed by atoms with E-state index in [9.17, 15) is 4.79 Å². The number of methoxy groups -OCH3 is 1. The van der Waals surface area contributed by atoms with E-state index in [-0.39, 0.29) is 13.0 Å². The van der Waals surface area contributed by atoms with Gasteiger partial charge in [0, 0.05) is 5.57 Å². The van der Waals surface area contributed by atoms with Crippen molar-refractivity contribution in [1.82, 2.24) is 0 Å². The largest absolute Gasteiger partial charge is 0.466 e. The summed E-state index contributed by atoms with van der Waals surface area (Å²) in [4.78, 5) is 10.8. The summed E-state index contributed by atoms with van der Waals surface area (Å²) in [5.74, 6) is -0.417. The zero-order valence-electron chi connectivity index (χ0n) is 7.28. The van der Waals surface area contributed by atoms with E-state index in [4.69, 9.17) is 10.2 Å². The van der Waals surface area contributed by atoms with Crippen molar-refractivity contribution < 1.29 is 19.7 Å². The molecule has 12 heavy (non-hydrogen) atoms.